The van der Waals surface area contributed by atoms with Crippen molar-refractivity contribution in [3.63, 3.8) is 0 Å². The van der Waals surface area contributed by atoms with E-state index in [0.717, 1.165) is 22.5 Å². The van der Waals surface area contributed by atoms with E-state index in [2.05, 4.69) is 48.3 Å². The van der Waals surface area contributed by atoms with Gasteiger partial charge >= 0.3 is 0 Å². The molecule has 0 saturated heterocycles. The smallest absolute Gasteiger partial charge is 0.121 e. The quantitative estimate of drug-likeness (QED) is 0.664. The maximum absolute atomic E-state index is 7.02. The van der Waals surface area contributed by atoms with E-state index in [0.29, 0.717) is 0 Å². The van der Waals surface area contributed by atoms with Gasteiger partial charge in [0.1, 0.15) is 11.4 Å². The predicted octanol–water partition coefficient (Wildman–Crippen LogP) is 4.81. The Morgan fingerprint density at radius 3 is 2.45 bits per heavy atom. The predicted molar refractivity (Wildman–Crippen MR) is 82.8 cm³/mol. The monoisotopic (exact) mass is 285 g/mol. The van der Waals surface area contributed by atoms with Crippen LogP contribution in [-0.4, -0.2) is 10.6 Å². The van der Waals surface area contributed by atoms with E-state index in [1.165, 1.54) is 0 Å². The van der Waals surface area contributed by atoms with E-state index in [4.69, 9.17) is 11.6 Å². The van der Waals surface area contributed by atoms with Crippen LogP contribution >= 0.6 is 11.6 Å². The van der Waals surface area contributed by atoms with Gasteiger partial charge in [0, 0.05) is 5.57 Å². The largest absolute Gasteiger partial charge is 0.128 e. The minimum absolute atomic E-state index is 0.160. The molecule has 4 heteroatoms. The van der Waals surface area contributed by atoms with E-state index in [9.17, 15) is 0 Å². The van der Waals surface area contributed by atoms with Crippen molar-refractivity contribution in [2.75, 3.05) is 0 Å². The molecule has 0 saturated carbocycles. The third-order valence-corrected chi connectivity index (χ3v) is 4.65. The van der Waals surface area contributed by atoms with Gasteiger partial charge in [-0.25, -0.2) is 0 Å². The zero-order valence-electron chi connectivity index (χ0n) is 11.8. The first-order valence-electron chi connectivity index (χ1n) is 6.61. The van der Waals surface area contributed by atoms with Crippen LogP contribution in [0.4, 0.5) is 0 Å². The highest BCUT2D eigenvalue weighted by Gasteiger charge is 2.46. The van der Waals surface area contributed by atoms with Gasteiger partial charge in [0.2, 0.25) is 0 Å². The summed E-state index contributed by atoms with van der Waals surface area (Å²) in [5.41, 5.74) is 3.44. The lowest BCUT2D eigenvalue weighted by Gasteiger charge is -2.41. The standard InChI is InChI=1S/C16H16ClN3/c1-15(2,3)16(17)10-9-12-14(19-20-18-12)13(16)11-7-5-4-6-8-11/h4-10H,1-3H3. The minimum Gasteiger partial charge on any atom is -0.128 e. The van der Waals surface area contributed by atoms with Crippen molar-refractivity contribution in [1.82, 2.24) is 0 Å². The van der Waals surface area contributed by atoms with E-state index < -0.39 is 4.87 Å². The summed E-state index contributed by atoms with van der Waals surface area (Å²) in [4.78, 5) is -0.633. The zero-order chi connectivity index (χ0) is 14.4. The summed E-state index contributed by atoms with van der Waals surface area (Å²) >= 11 is 7.02. The molecule has 0 aromatic heterocycles. The van der Waals surface area contributed by atoms with Crippen molar-refractivity contribution >= 4 is 22.9 Å². The molecular weight excluding hydrogens is 270 g/mol. The molecule has 3 rings (SSSR count). The molecule has 20 heavy (non-hydrogen) atoms. The fourth-order valence-corrected chi connectivity index (χ4v) is 2.79. The van der Waals surface area contributed by atoms with Crippen LogP contribution in [0.2, 0.25) is 0 Å². The van der Waals surface area contributed by atoms with Gasteiger partial charge in [-0.3, -0.25) is 0 Å². The molecule has 2 aliphatic rings. The molecule has 1 aliphatic heterocycles. The van der Waals surface area contributed by atoms with Crippen molar-refractivity contribution in [2.45, 2.75) is 25.6 Å². The number of nitrogens with zero attached hydrogens (tertiary/aromatic N) is 3. The Kier molecular flexibility index (Phi) is 2.91. The van der Waals surface area contributed by atoms with E-state index in [1.807, 2.05) is 30.4 Å². The second kappa shape index (κ2) is 4.38. The molecule has 0 radical (unpaired) electrons. The molecule has 0 fully saturated rings. The maximum Gasteiger partial charge on any atom is 0.121 e. The summed E-state index contributed by atoms with van der Waals surface area (Å²) in [6, 6.07) is 10.1. The van der Waals surface area contributed by atoms with E-state index in [-0.39, 0.29) is 5.41 Å². The number of allylic oxidation sites excluding steroid dienone is 3. The third kappa shape index (κ3) is 1.85. The molecule has 1 aliphatic carbocycles. The molecule has 1 aromatic carbocycles. The van der Waals surface area contributed by atoms with Crippen molar-refractivity contribution < 1.29 is 0 Å². The Morgan fingerprint density at radius 1 is 1.10 bits per heavy atom. The van der Waals surface area contributed by atoms with Crippen LogP contribution in [-0.2, 0) is 0 Å². The van der Waals surface area contributed by atoms with Gasteiger partial charge in [-0.05, 0) is 22.3 Å². The second-order valence-corrected chi connectivity index (χ2v) is 6.66. The van der Waals surface area contributed by atoms with Crippen LogP contribution in [0, 0.1) is 5.41 Å². The zero-order valence-corrected chi connectivity index (χ0v) is 12.5. The maximum atomic E-state index is 7.02. The van der Waals surface area contributed by atoms with Gasteiger partial charge in [0.15, 0.2) is 0 Å². The molecule has 1 unspecified atom stereocenters. The van der Waals surface area contributed by atoms with Crippen molar-refractivity contribution in [3.05, 3.63) is 53.7 Å². The van der Waals surface area contributed by atoms with Crippen LogP contribution in [0.3, 0.4) is 0 Å². The van der Waals surface area contributed by atoms with Crippen LogP contribution < -0.4 is 0 Å². The molecule has 0 amide bonds. The lowest BCUT2D eigenvalue weighted by Crippen LogP contribution is -2.39. The highest BCUT2D eigenvalue weighted by molar-refractivity contribution is 6.36. The summed E-state index contributed by atoms with van der Waals surface area (Å²) < 4.78 is 0. The normalized spacial score (nSPS) is 24.9. The van der Waals surface area contributed by atoms with Crippen LogP contribution in [0.25, 0.3) is 5.57 Å². The fraction of sp³-hybridized carbons (Fsp3) is 0.312. The van der Waals surface area contributed by atoms with Crippen LogP contribution in [0.5, 0.6) is 0 Å². The lowest BCUT2D eigenvalue weighted by atomic mass is 9.70. The van der Waals surface area contributed by atoms with Gasteiger partial charge in [0.25, 0.3) is 0 Å². The highest BCUT2D eigenvalue weighted by Crippen LogP contribution is 2.51. The minimum atomic E-state index is -0.633. The summed E-state index contributed by atoms with van der Waals surface area (Å²) in [6.45, 7) is 6.38. The average molecular weight is 286 g/mol. The molecule has 1 heterocycles. The van der Waals surface area contributed by atoms with E-state index in [1.54, 1.807) is 0 Å². The molecule has 0 spiro atoms. The highest BCUT2D eigenvalue weighted by atomic mass is 35.5. The molecule has 0 N–H and O–H groups in total. The van der Waals surface area contributed by atoms with E-state index >= 15 is 0 Å². The molecule has 3 nitrogen and oxygen atoms in total. The summed E-state index contributed by atoms with van der Waals surface area (Å²) in [5.74, 6) is 0. The SMILES string of the molecule is CC(C)(C)C1(Cl)C=CC2=NN=NC2=C1c1ccccc1. The Hall–Kier alpha value is -1.74. The Balaban J connectivity index is 2.28. The fourth-order valence-electron chi connectivity index (χ4n) is 2.53. The Morgan fingerprint density at radius 2 is 1.80 bits per heavy atom. The van der Waals surface area contributed by atoms with Gasteiger partial charge < -0.3 is 0 Å². The topological polar surface area (TPSA) is 37.1 Å². The van der Waals surface area contributed by atoms with Crippen molar-refractivity contribution in [3.8, 4) is 0 Å². The molecule has 0 bridgehead atoms. The first kappa shape index (κ1) is 13.3. The average Bonchev–Trinajstić information content (AvgIpc) is 2.86. The molecule has 1 atom stereocenters. The van der Waals surface area contributed by atoms with Crippen LogP contribution in [0.1, 0.15) is 26.3 Å². The van der Waals surface area contributed by atoms with Gasteiger partial charge in [-0.1, -0.05) is 57.2 Å². The van der Waals surface area contributed by atoms with Gasteiger partial charge in [-0.15, -0.1) is 21.8 Å². The summed E-state index contributed by atoms with van der Waals surface area (Å²) in [6.07, 6.45) is 3.93. The van der Waals surface area contributed by atoms with Gasteiger partial charge in [-0.2, -0.15) is 0 Å². The number of hydrogen-bond donors (Lipinski definition) is 0. The third-order valence-electron chi connectivity index (χ3n) is 3.77. The first-order valence-corrected chi connectivity index (χ1v) is 6.99. The summed E-state index contributed by atoms with van der Waals surface area (Å²) in [7, 11) is 0. The number of rotatable bonds is 1. The number of alkyl halides is 1. The Bertz CT molecular complexity index is 663. The molecule has 102 valence electrons. The number of benzene rings is 1. The van der Waals surface area contributed by atoms with Crippen LogP contribution in [0.15, 0.2) is 63.6 Å². The number of hydrogen-bond acceptors (Lipinski definition) is 3. The van der Waals surface area contributed by atoms with Gasteiger partial charge in [0.05, 0.1) is 4.87 Å². The first-order chi connectivity index (χ1) is 9.43. The second-order valence-electron chi connectivity index (χ2n) is 6.06. The molecular formula is C16H16ClN3. The number of fused-ring (bicyclic) bond motifs is 1. The lowest BCUT2D eigenvalue weighted by molar-refractivity contribution is 0.375. The van der Waals surface area contributed by atoms with Crippen molar-refractivity contribution in [2.24, 2.45) is 20.9 Å². The molecule has 1 aromatic rings. The summed E-state index contributed by atoms with van der Waals surface area (Å²) in [5, 5.41) is 12.0. The Labute approximate surface area is 123 Å². The number of halogens is 1. The van der Waals surface area contributed by atoms with Crippen molar-refractivity contribution in [1.29, 1.82) is 0 Å².